The Morgan fingerprint density at radius 2 is 1.95 bits per heavy atom. The van der Waals surface area contributed by atoms with E-state index in [1.54, 1.807) is 25.3 Å². The summed E-state index contributed by atoms with van der Waals surface area (Å²) in [5, 5.41) is 0. The maximum atomic E-state index is 12.6. The van der Waals surface area contributed by atoms with E-state index in [-0.39, 0.29) is 16.4 Å². The Morgan fingerprint density at radius 1 is 1.33 bits per heavy atom. The summed E-state index contributed by atoms with van der Waals surface area (Å²) >= 11 is 0. The van der Waals surface area contributed by atoms with E-state index in [2.05, 4.69) is 4.72 Å². The van der Waals surface area contributed by atoms with Crippen LogP contribution in [0.5, 0.6) is 5.75 Å². The van der Waals surface area contributed by atoms with Gasteiger partial charge in [0.25, 0.3) is 0 Å². The number of hydrogen-bond acceptors (Lipinski definition) is 4. The van der Waals surface area contributed by atoms with Gasteiger partial charge in [0.2, 0.25) is 10.0 Å². The molecule has 0 aromatic heterocycles. The average molecular weight is 314 g/mol. The molecular weight excluding hydrogens is 288 g/mol. The lowest BCUT2D eigenvalue weighted by Gasteiger charge is -2.28. The van der Waals surface area contributed by atoms with Crippen LogP contribution in [0, 0.1) is 5.41 Å². The molecule has 0 saturated heterocycles. The van der Waals surface area contributed by atoms with E-state index < -0.39 is 10.0 Å². The normalized spacial score (nSPS) is 14.0. The molecular formula is C15H26N2O3S. The predicted molar refractivity (Wildman–Crippen MR) is 85.0 cm³/mol. The van der Waals surface area contributed by atoms with Gasteiger partial charge < -0.3 is 10.5 Å². The van der Waals surface area contributed by atoms with Gasteiger partial charge in [-0.05, 0) is 49.1 Å². The smallest absolute Gasteiger partial charge is 0.241 e. The van der Waals surface area contributed by atoms with Crippen molar-refractivity contribution >= 4 is 10.0 Å². The van der Waals surface area contributed by atoms with Crippen molar-refractivity contribution in [3.8, 4) is 5.75 Å². The largest absolute Gasteiger partial charge is 0.497 e. The molecule has 0 radical (unpaired) electrons. The van der Waals surface area contributed by atoms with Crippen LogP contribution in [0.2, 0.25) is 0 Å². The highest BCUT2D eigenvalue weighted by atomic mass is 32.2. The minimum Gasteiger partial charge on any atom is -0.497 e. The second-order valence-electron chi connectivity index (χ2n) is 6.22. The Hall–Kier alpha value is -1.11. The zero-order valence-electron chi connectivity index (χ0n) is 13.4. The van der Waals surface area contributed by atoms with Gasteiger partial charge in [0.05, 0.1) is 12.0 Å². The molecule has 0 aliphatic rings. The fraction of sp³-hybridized carbons (Fsp3) is 0.600. The summed E-state index contributed by atoms with van der Waals surface area (Å²) in [7, 11) is -2.03. The average Bonchev–Trinajstić information content (AvgIpc) is 2.37. The van der Waals surface area contributed by atoms with Crippen LogP contribution in [0.4, 0.5) is 0 Å². The minimum absolute atomic E-state index is 0.159. The second-order valence-corrected chi connectivity index (χ2v) is 7.90. The summed E-state index contributed by atoms with van der Waals surface area (Å²) in [6.07, 6.45) is 0.483. The van der Waals surface area contributed by atoms with Crippen LogP contribution in [-0.2, 0) is 16.4 Å². The number of ether oxygens (including phenoxy) is 1. The fourth-order valence-corrected chi connectivity index (χ4v) is 3.47. The lowest BCUT2D eigenvalue weighted by molar-refractivity contribution is 0.317. The molecule has 21 heavy (non-hydrogen) atoms. The van der Waals surface area contributed by atoms with Crippen LogP contribution < -0.4 is 15.2 Å². The zero-order chi connectivity index (χ0) is 16.3. The Morgan fingerprint density at radius 3 is 2.43 bits per heavy atom. The van der Waals surface area contributed by atoms with Gasteiger partial charge in [0.1, 0.15) is 5.75 Å². The van der Waals surface area contributed by atoms with Crippen molar-refractivity contribution in [1.82, 2.24) is 4.72 Å². The highest BCUT2D eigenvalue weighted by molar-refractivity contribution is 7.89. The first kappa shape index (κ1) is 17.9. The molecule has 1 aromatic rings. The van der Waals surface area contributed by atoms with Crippen molar-refractivity contribution in [1.29, 1.82) is 0 Å². The molecule has 0 heterocycles. The molecule has 1 rings (SSSR count). The van der Waals surface area contributed by atoms with Gasteiger partial charge in [-0.15, -0.1) is 0 Å². The molecule has 5 nitrogen and oxygen atoms in total. The first-order chi connectivity index (χ1) is 9.61. The van der Waals surface area contributed by atoms with E-state index in [1.807, 2.05) is 27.7 Å². The van der Waals surface area contributed by atoms with Crippen LogP contribution in [0.1, 0.15) is 33.3 Å². The molecule has 1 unspecified atom stereocenters. The quantitative estimate of drug-likeness (QED) is 0.840. The van der Waals surface area contributed by atoms with Crippen molar-refractivity contribution in [3.63, 3.8) is 0 Å². The van der Waals surface area contributed by atoms with Crippen molar-refractivity contribution in [2.75, 3.05) is 13.7 Å². The molecule has 1 atom stereocenters. The van der Waals surface area contributed by atoms with Crippen molar-refractivity contribution < 1.29 is 13.2 Å². The van der Waals surface area contributed by atoms with Crippen LogP contribution in [0.25, 0.3) is 0 Å². The number of hydrogen-bond donors (Lipinski definition) is 2. The number of sulfonamides is 1. The summed E-state index contributed by atoms with van der Waals surface area (Å²) in [5.41, 5.74) is 6.09. The summed E-state index contributed by atoms with van der Waals surface area (Å²) < 4.78 is 33.1. The van der Waals surface area contributed by atoms with Crippen molar-refractivity contribution in [2.45, 2.75) is 45.1 Å². The Balaban J connectivity index is 3.18. The van der Waals surface area contributed by atoms with Gasteiger partial charge in [0.15, 0.2) is 0 Å². The molecule has 0 aliphatic carbocycles. The maximum Gasteiger partial charge on any atom is 0.241 e. The predicted octanol–water partition coefficient (Wildman–Crippen LogP) is 1.91. The SMILES string of the molecule is COc1ccc(S(=O)(=O)NC(C)C(C)(C)C)c(CCN)c1. The van der Waals surface area contributed by atoms with Crippen LogP contribution in [-0.4, -0.2) is 28.1 Å². The fourth-order valence-electron chi connectivity index (χ4n) is 1.77. The van der Waals surface area contributed by atoms with Gasteiger partial charge in [-0.2, -0.15) is 0 Å². The third-order valence-electron chi connectivity index (χ3n) is 3.60. The highest BCUT2D eigenvalue weighted by Crippen LogP contribution is 2.25. The summed E-state index contributed by atoms with van der Waals surface area (Å²) in [4.78, 5) is 0.268. The number of methoxy groups -OCH3 is 1. The number of nitrogens with two attached hydrogens (primary N) is 1. The number of rotatable bonds is 6. The molecule has 6 heteroatoms. The van der Waals surface area contributed by atoms with E-state index in [0.29, 0.717) is 24.3 Å². The van der Waals surface area contributed by atoms with Gasteiger partial charge in [0, 0.05) is 6.04 Å². The standard InChI is InChI=1S/C15H26N2O3S/c1-11(15(2,3)4)17-21(18,19)14-7-6-13(20-5)10-12(14)8-9-16/h6-7,10-11,17H,8-9,16H2,1-5H3. The van der Waals surface area contributed by atoms with Crippen molar-refractivity contribution in [3.05, 3.63) is 23.8 Å². The first-order valence-electron chi connectivity index (χ1n) is 7.01. The topological polar surface area (TPSA) is 81.4 Å². The summed E-state index contributed by atoms with van der Waals surface area (Å²) in [6, 6.07) is 4.76. The van der Waals surface area contributed by atoms with E-state index in [0.717, 1.165) is 0 Å². The molecule has 0 amide bonds. The van der Waals surface area contributed by atoms with E-state index in [4.69, 9.17) is 10.5 Å². The van der Waals surface area contributed by atoms with Crippen molar-refractivity contribution in [2.24, 2.45) is 11.1 Å². The molecule has 1 aromatic carbocycles. The Kier molecular flexibility index (Phi) is 5.78. The molecule has 3 N–H and O–H groups in total. The van der Waals surface area contributed by atoms with Crippen LogP contribution >= 0.6 is 0 Å². The summed E-state index contributed by atoms with van der Waals surface area (Å²) in [5.74, 6) is 0.626. The van der Waals surface area contributed by atoms with Crippen LogP contribution in [0.3, 0.4) is 0 Å². The van der Waals surface area contributed by atoms with E-state index in [9.17, 15) is 8.42 Å². The van der Waals surface area contributed by atoms with Crippen LogP contribution in [0.15, 0.2) is 23.1 Å². The van der Waals surface area contributed by atoms with E-state index in [1.165, 1.54) is 0 Å². The first-order valence-corrected chi connectivity index (χ1v) is 8.49. The molecule has 0 saturated carbocycles. The molecule has 0 spiro atoms. The van der Waals surface area contributed by atoms with Gasteiger partial charge >= 0.3 is 0 Å². The lowest BCUT2D eigenvalue weighted by atomic mass is 9.89. The Bertz CT molecular complexity index is 577. The maximum absolute atomic E-state index is 12.6. The third kappa shape index (κ3) is 4.69. The monoisotopic (exact) mass is 314 g/mol. The highest BCUT2D eigenvalue weighted by Gasteiger charge is 2.27. The van der Waals surface area contributed by atoms with E-state index >= 15 is 0 Å². The minimum atomic E-state index is -3.58. The van der Waals surface area contributed by atoms with Gasteiger partial charge in [-0.3, -0.25) is 0 Å². The van der Waals surface area contributed by atoms with Gasteiger partial charge in [-0.1, -0.05) is 20.8 Å². The third-order valence-corrected chi connectivity index (χ3v) is 5.24. The Labute approximate surface area is 127 Å². The second kappa shape index (κ2) is 6.77. The zero-order valence-corrected chi connectivity index (χ0v) is 14.3. The lowest BCUT2D eigenvalue weighted by Crippen LogP contribution is -2.41. The number of nitrogens with one attached hydrogen (secondary N) is 1. The summed E-state index contributed by atoms with van der Waals surface area (Å²) in [6.45, 7) is 8.23. The molecule has 0 fully saturated rings. The van der Waals surface area contributed by atoms with Gasteiger partial charge in [-0.25, -0.2) is 13.1 Å². The molecule has 0 bridgehead atoms. The molecule has 120 valence electrons. The molecule has 0 aliphatic heterocycles. The number of benzene rings is 1.